The van der Waals surface area contributed by atoms with Crippen molar-refractivity contribution in [1.82, 2.24) is 5.06 Å². The molecule has 2 rings (SSSR count). The topological polar surface area (TPSA) is 66.6 Å². The van der Waals surface area contributed by atoms with Gasteiger partial charge in [0.05, 0.1) is 6.54 Å². The number of nitrogens with two attached hydrogens (primary N) is 1. The molecule has 0 saturated heterocycles. The molecular weight excluding hydrogens is 268 g/mol. The summed E-state index contributed by atoms with van der Waals surface area (Å²) in [4.78, 5) is 13.0. The van der Waals surface area contributed by atoms with Crippen molar-refractivity contribution in [1.29, 1.82) is 0 Å². The van der Waals surface area contributed by atoms with Crippen LogP contribution in [0.25, 0.3) is 10.1 Å². The van der Waals surface area contributed by atoms with Crippen molar-refractivity contribution >= 4 is 39.2 Å². The van der Waals surface area contributed by atoms with Gasteiger partial charge in [-0.15, -0.1) is 23.1 Å². The molecule has 0 bridgehead atoms. The summed E-state index contributed by atoms with van der Waals surface area (Å²) in [7, 11) is 0. The van der Waals surface area contributed by atoms with Crippen molar-refractivity contribution < 1.29 is 10.0 Å². The minimum Gasteiger partial charge on any atom is -0.350 e. The zero-order valence-electron chi connectivity index (χ0n) is 9.92. The maximum absolute atomic E-state index is 10.9. The summed E-state index contributed by atoms with van der Waals surface area (Å²) < 4.78 is 1.15. The largest absolute Gasteiger partial charge is 0.350 e. The standard InChI is InChI=1S/C12H14N2O2S2/c1-2-17-11-8-5-3-4-6-9(8)18-10(11)7-14(16)12(13)15/h3-6,16H,2,7H2,1H3,(H2,13,15). The van der Waals surface area contributed by atoms with Gasteiger partial charge in [0.15, 0.2) is 0 Å². The second-order valence-electron chi connectivity index (χ2n) is 3.68. The van der Waals surface area contributed by atoms with Crippen LogP contribution in [0.2, 0.25) is 0 Å². The van der Waals surface area contributed by atoms with E-state index >= 15 is 0 Å². The first-order valence-corrected chi connectivity index (χ1v) is 7.32. The van der Waals surface area contributed by atoms with Gasteiger partial charge in [0, 0.05) is 19.9 Å². The van der Waals surface area contributed by atoms with Crippen molar-refractivity contribution in [2.45, 2.75) is 18.4 Å². The summed E-state index contributed by atoms with van der Waals surface area (Å²) in [6.45, 7) is 2.21. The smallest absolute Gasteiger partial charge is 0.338 e. The molecule has 2 aromatic rings. The molecule has 0 fully saturated rings. The zero-order valence-corrected chi connectivity index (χ0v) is 11.6. The lowest BCUT2D eigenvalue weighted by Gasteiger charge is -2.11. The number of fused-ring (bicyclic) bond motifs is 1. The number of primary amides is 1. The van der Waals surface area contributed by atoms with E-state index in [0.29, 0.717) is 5.06 Å². The highest BCUT2D eigenvalue weighted by molar-refractivity contribution is 7.99. The Morgan fingerprint density at radius 3 is 2.89 bits per heavy atom. The molecule has 4 nitrogen and oxygen atoms in total. The number of benzene rings is 1. The van der Waals surface area contributed by atoms with Crippen LogP contribution >= 0.6 is 23.1 Å². The highest BCUT2D eigenvalue weighted by atomic mass is 32.2. The predicted octanol–water partition coefficient (Wildman–Crippen LogP) is 3.28. The van der Waals surface area contributed by atoms with Crippen molar-refractivity contribution in [2.24, 2.45) is 5.73 Å². The van der Waals surface area contributed by atoms with Gasteiger partial charge in [0.25, 0.3) is 0 Å². The molecule has 0 spiro atoms. The third-order valence-corrected chi connectivity index (χ3v) is 4.78. The molecule has 96 valence electrons. The molecule has 1 aromatic carbocycles. The monoisotopic (exact) mass is 282 g/mol. The second-order valence-corrected chi connectivity index (χ2v) is 6.09. The van der Waals surface area contributed by atoms with Crippen molar-refractivity contribution in [3.8, 4) is 0 Å². The summed E-state index contributed by atoms with van der Waals surface area (Å²) in [5.41, 5.74) is 5.04. The fourth-order valence-electron chi connectivity index (χ4n) is 1.69. The fourth-order valence-corrected chi connectivity index (χ4v) is 3.99. The van der Waals surface area contributed by atoms with E-state index in [9.17, 15) is 10.0 Å². The van der Waals surface area contributed by atoms with Gasteiger partial charge in [-0.25, -0.2) is 9.86 Å². The Hall–Kier alpha value is -1.24. The number of rotatable bonds is 4. The first kappa shape index (κ1) is 13.2. The Kier molecular flexibility index (Phi) is 4.11. The van der Waals surface area contributed by atoms with E-state index in [0.717, 1.165) is 20.2 Å². The summed E-state index contributed by atoms with van der Waals surface area (Å²) >= 11 is 3.29. The summed E-state index contributed by atoms with van der Waals surface area (Å²) in [6.07, 6.45) is 0. The van der Waals surface area contributed by atoms with Crippen LogP contribution in [-0.4, -0.2) is 22.1 Å². The van der Waals surface area contributed by atoms with Crippen LogP contribution in [0.3, 0.4) is 0 Å². The SMILES string of the molecule is CCSc1c(CN(O)C(N)=O)sc2ccccc12. The summed E-state index contributed by atoms with van der Waals surface area (Å²) in [6, 6.07) is 7.23. The molecule has 0 aliphatic heterocycles. The first-order valence-electron chi connectivity index (χ1n) is 5.52. The van der Waals surface area contributed by atoms with Crippen LogP contribution in [0.4, 0.5) is 4.79 Å². The Balaban J connectivity index is 2.42. The molecular formula is C12H14N2O2S2. The third kappa shape index (κ3) is 2.60. The number of hydroxylamine groups is 2. The van der Waals surface area contributed by atoms with Gasteiger partial charge in [0.2, 0.25) is 0 Å². The predicted molar refractivity (Wildman–Crippen MR) is 75.1 cm³/mol. The molecule has 0 saturated carbocycles. The van der Waals surface area contributed by atoms with Crippen LogP contribution in [0.5, 0.6) is 0 Å². The van der Waals surface area contributed by atoms with E-state index in [-0.39, 0.29) is 6.54 Å². The summed E-state index contributed by atoms with van der Waals surface area (Å²) in [5, 5.41) is 11.2. The molecule has 0 radical (unpaired) electrons. The zero-order chi connectivity index (χ0) is 13.1. The molecule has 6 heteroatoms. The normalized spacial score (nSPS) is 10.8. The number of thiophene rings is 1. The second kappa shape index (κ2) is 5.60. The Morgan fingerprint density at radius 1 is 1.50 bits per heavy atom. The molecule has 3 N–H and O–H groups in total. The van der Waals surface area contributed by atoms with E-state index in [1.807, 2.05) is 18.2 Å². The van der Waals surface area contributed by atoms with Crippen molar-refractivity contribution in [3.05, 3.63) is 29.1 Å². The molecule has 1 aromatic heterocycles. The number of hydrogen-bond acceptors (Lipinski definition) is 4. The number of urea groups is 1. The number of hydrogen-bond donors (Lipinski definition) is 2. The number of amides is 2. The number of carbonyl (C=O) groups excluding carboxylic acids is 1. The Bertz CT molecular complexity index is 568. The Morgan fingerprint density at radius 2 is 2.22 bits per heavy atom. The highest BCUT2D eigenvalue weighted by Gasteiger charge is 2.15. The lowest BCUT2D eigenvalue weighted by atomic mass is 10.2. The number of nitrogens with zero attached hydrogens (tertiary/aromatic N) is 1. The van der Waals surface area contributed by atoms with Crippen LogP contribution < -0.4 is 5.73 Å². The lowest BCUT2D eigenvalue weighted by molar-refractivity contribution is -0.0467. The molecule has 18 heavy (non-hydrogen) atoms. The molecule has 2 amide bonds. The van der Waals surface area contributed by atoms with Crippen LogP contribution in [0.15, 0.2) is 29.2 Å². The highest BCUT2D eigenvalue weighted by Crippen LogP contribution is 2.38. The van der Waals surface area contributed by atoms with Gasteiger partial charge < -0.3 is 5.73 Å². The van der Waals surface area contributed by atoms with E-state index < -0.39 is 6.03 Å². The fraction of sp³-hybridized carbons (Fsp3) is 0.250. The van der Waals surface area contributed by atoms with Gasteiger partial charge in [-0.2, -0.15) is 0 Å². The molecule has 0 atom stereocenters. The van der Waals surface area contributed by atoms with Gasteiger partial charge in [-0.1, -0.05) is 25.1 Å². The van der Waals surface area contributed by atoms with E-state index in [1.165, 1.54) is 5.39 Å². The summed E-state index contributed by atoms with van der Waals surface area (Å²) in [5.74, 6) is 0.940. The van der Waals surface area contributed by atoms with Gasteiger partial charge in [-0.05, 0) is 11.8 Å². The van der Waals surface area contributed by atoms with Crippen molar-refractivity contribution in [2.75, 3.05) is 5.75 Å². The average Bonchev–Trinajstić information content (AvgIpc) is 2.68. The first-order chi connectivity index (χ1) is 8.63. The molecule has 0 aliphatic carbocycles. The lowest BCUT2D eigenvalue weighted by Crippen LogP contribution is -2.31. The van der Waals surface area contributed by atoms with Gasteiger partial charge >= 0.3 is 6.03 Å². The number of thioether (sulfide) groups is 1. The molecule has 0 unspecified atom stereocenters. The molecule has 1 heterocycles. The van der Waals surface area contributed by atoms with Crippen LogP contribution in [0.1, 0.15) is 11.8 Å². The minimum absolute atomic E-state index is 0.136. The van der Waals surface area contributed by atoms with Crippen LogP contribution in [0, 0.1) is 0 Å². The maximum Gasteiger partial charge on any atom is 0.338 e. The van der Waals surface area contributed by atoms with Gasteiger partial charge in [-0.3, -0.25) is 5.21 Å². The number of carbonyl (C=O) groups is 1. The van der Waals surface area contributed by atoms with E-state index in [1.54, 1.807) is 23.1 Å². The van der Waals surface area contributed by atoms with Crippen molar-refractivity contribution in [3.63, 3.8) is 0 Å². The van der Waals surface area contributed by atoms with E-state index in [4.69, 9.17) is 5.73 Å². The maximum atomic E-state index is 10.9. The third-order valence-electron chi connectivity index (χ3n) is 2.45. The average molecular weight is 282 g/mol. The quantitative estimate of drug-likeness (QED) is 0.514. The minimum atomic E-state index is -0.833. The molecule has 0 aliphatic rings. The van der Waals surface area contributed by atoms with E-state index in [2.05, 4.69) is 13.0 Å². The van der Waals surface area contributed by atoms with Crippen LogP contribution in [-0.2, 0) is 6.54 Å². The van der Waals surface area contributed by atoms with Gasteiger partial charge in [0.1, 0.15) is 0 Å². The Labute approximate surface area is 113 Å².